The van der Waals surface area contributed by atoms with Gasteiger partial charge in [-0.25, -0.2) is 4.98 Å². The average molecular weight is 281 g/mol. The molecule has 4 heteroatoms. The molecule has 108 valence electrons. The zero-order chi connectivity index (χ0) is 15.1. The molecule has 4 nitrogen and oxygen atoms in total. The highest BCUT2D eigenvalue weighted by Crippen LogP contribution is 2.16. The first-order valence-electron chi connectivity index (χ1n) is 6.99. The molecule has 0 spiro atoms. The zero-order valence-electron chi connectivity index (χ0n) is 12.3. The van der Waals surface area contributed by atoms with E-state index in [0.717, 1.165) is 11.3 Å². The molecule has 0 radical (unpaired) electrons. The Morgan fingerprint density at radius 3 is 2.90 bits per heavy atom. The van der Waals surface area contributed by atoms with E-state index in [4.69, 9.17) is 10.00 Å². The van der Waals surface area contributed by atoms with E-state index >= 15 is 0 Å². The Labute approximate surface area is 125 Å². The Balaban J connectivity index is 2.00. The minimum absolute atomic E-state index is 0.499. The van der Waals surface area contributed by atoms with Crippen LogP contribution in [0.2, 0.25) is 0 Å². The molecular formula is C17H19N3O. The second-order valence-corrected chi connectivity index (χ2v) is 5.22. The predicted molar refractivity (Wildman–Crippen MR) is 83.1 cm³/mol. The van der Waals surface area contributed by atoms with Gasteiger partial charge >= 0.3 is 0 Å². The zero-order valence-corrected chi connectivity index (χ0v) is 12.3. The summed E-state index contributed by atoms with van der Waals surface area (Å²) in [5.74, 6) is 1.97. The topological polar surface area (TPSA) is 57.9 Å². The number of hydrogen-bond acceptors (Lipinski definition) is 4. The fourth-order valence-electron chi connectivity index (χ4n) is 1.83. The number of hydrogen-bond donors (Lipinski definition) is 1. The molecule has 0 saturated heterocycles. The van der Waals surface area contributed by atoms with Crippen LogP contribution in [0.1, 0.15) is 25.0 Å². The smallest absolute Gasteiger partial charge is 0.144 e. The fraction of sp³-hybridized carbons (Fsp3) is 0.294. The van der Waals surface area contributed by atoms with Crippen LogP contribution in [0, 0.1) is 17.2 Å². The van der Waals surface area contributed by atoms with Gasteiger partial charge in [0, 0.05) is 12.7 Å². The van der Waals surface area contributed by atoms with Crippen LogP contribution in [-0.4, -0.2) is 11.6 Å². The number of ether oxygens (including phenoxy) is 1. The molecular weight excluding hydrogens is 262 g/mol. The number of nitrogens with one attached hydrogen (secondary N) is 1. The van der Waals surface area contributed by atoms with Crippen LogP contribution in [0.4, 0.5) is 5.82 Å². The molecule has 1 heterocycles. The molecule has 0 aliphatic carbocycles. The number of nitriles is 1. The lowest BCUT2D eigenvalue weighted by Crippen LogP contribution is -2.06. The highest BCUT2D eigenvalue weighted by atomic mass is 16.5. The molecule has 0 aliphatic rings. The van der Waals surface area contributed by atoms with Crippen LogP contribution < -0.4 is 10.1 Å². The third-order valence-corrected chi connectivity index (χ3v) is 2.87. The first-order valence-corrected chi connectivity index (χ1v) is 6.99. The van der Waals surface area contributed by atoms with Gasteiger partial charge in [-0.2, -0.15) is 5.26 Å². The third-order valence-electron chi connectivity index (χ3n) is 2.87. The monoisotopic (exact) mass is 281 g/mol. The first-order chi connectivity index (χ1) is 10.2. The summed E-state index contributed by atoms with van der Waals surface area (Å²) < 4.78 is 5.71. The van der Waals surface area contributed by atoms with Gasteiger partial charge in [0.1, 0.15) is 17.6 Å². The molecule has 21 heavy (non-hydrogen) atoms. The fourth-order valence-corrected chi connectivity index (χ4v) is 1.83. The molecule has 0 bridgehead atoms. The number of anilines is 1. The van der Waals surface area contributed by atoms with Gasteiger partial charge in [0.2, 0.25) is 0 Å². The summed E-state index contributed by atoms with van der Waals surface area (Å²) in [5, 5.41) is 12.2. The van der Waals surface area contributed by atoms with Crippen LogP contribution in [0.25, 0.3) is 0 Å². The van der Waals surface area contributed by atoms with E-state index in [-0.39, 0.29) is 0 Å². The van der Waals surface area contributed by atoms with Crippen molar-refractivity contribution in [3.05, 3.63) is 53.7 Å². The minimum atomic E-state index is 0.499. The van der Waals surface area contributed by atoms with E-state index in [9.17, 15) is 0 Å². The largest absolute Gasteiger partial charge is 0.493 e. The molecule has 1 N–H and O–H groups in total. The van der Waals surface area contributed by atoms with E-state index < -0.39 is 0 Å². The molecule has 1 aromatic heterocycles. The Kier molecular flexibility index (Phi) is 5.16. The van der Waals surface area contributed by atoms with Gasteiger partial charge in [0.05, 0.1) is 12.2 Å². The quantitative estimate of drug-likeness (QED) is 0.879. The summed E-state index contributed by atoms with van der Waals surface area (Å²) in [7, 11) is 0. The Morgan fingerprint density at radius 1 is 1.29 bits per heavy atom. The number of pyridine rings is 1. The maximum atomic E-state index is 9.03. The summed E-state index contributed by atoms with van der Waals surface area (Å²) in [6.45, 7) is 5.55. The second kappa shape index (κ2) is 7.30. The van der Waals surface area contributed by atoms with Crippen LogP contribution in [0.5, 0.6) is 5.75 Å². The van der Waals surface area contributed by atoms with Crippen molar-refractivity contribution < 1.29 is 4.74 Å². The van der Waals surface area contributed by atoms with Gasteiger partial charge in [-0.1, -0.05) is 26.0 Å². The third kappa shape index (κ3) is 4.50. The average Bonchev–Trinajstić information content (AvgIpc) is 2.51. The molecule has 1 aromatic carbocycles. The van der Waals surface area contributed by atoms with Gasteiger partial charge < -0.3 is 10.1 Å². The molecule has 0 saturated carbocycles. The maximum absolute atomic E-state index is 9.03. The van der Waals surface area contributed by atoms with Crippen molar-refractivity contribution in [2.75, 3.05) is 11.9 Å². The number of rotatable bonds is 6. The van der Waals surface area contributed by atoms with E-state index in [0.29, 0.717) is 30.5 Å². The number of benzene rings is 1. The summed E-state index contributed by atoms with van der Waals surface area (Å²) in [6, 6.07) is 13.6. The normalized spacial score (nSPS) is 10.2. The standard InChI is InChI=1S/C17H19N3O/c1-13(2)12-21-16-7-3-5-14(9-16)11-20-17-15(10-18)6-4-8-19-17/h3-9,13H,11-12H2,1-2H3,(H,19,20). The van der Waals surface area contributed by atoms with Crippen LogP contribution in [0.3, 0.4) is 0 Å². The highest BCUT2D eigenvalue weighted by molar-refractivity contribution is 5.51. The van der Waals surface area contributed by atoms with Gasteiger partial charge in [0.15, 0.2) is 0 Å². The molecule has 0 atom stereocenters. The molecule has 2 aromatic rings. The van der Waals surface area contributed by atoms with Crippen LogP contribution in [-0.2, 0) is 6.54 Å². The van der Waals surface area contributed by atoms with Crippen LogP contribution >= 0.6 is 0 Å². The van der Waals surface area contributed by atoms with Gasteiger partial charge in [-0.3, -0.25) is 0 Å². The van der Waals surface area contributed by atoms with E-state index in [1.807, 2.05) is 24.3 Å². The molecule has 0 fully saturated rings. The Bertz CT molecular complexity index is 632. The number of nitrogens with zero attached hydrogens (tertiary/aromatic N) is 2. The first kappa shape index (κ1) is 14.9. The number of aromatic nitrogens is 1. The summed E-state index contributed by atoms with van der Waals surface area (Å²) in [4.78, 5) is 4.18. The van der Waals surface area contributed by atoms with Crippen molar-refractivity contribution in [1.29, 1.82) is 5.26 Å². The van der Waals surface area contributed by atoms with Gasteiger partial charge in [-0.15, -0.1) is 0 Å². The lowest BCUT2D eigenvalue weighted by Gasteiger charge is -2.11. The Hall–Kier alpha value is -2.54. The SMILES string of the molecule is CC(C)COc1cccc(CNc2ncccc2C#N)c1. The lowest BCUT2D eigenvalue weighted by molar-refractivity contribution is 0.271. The minimum Gasteiger partial charge on any atom is -0.493 e. The Morgan fingerprint density at radius 2 is 2.14 bits per heavy atom. The van der Waals surface area contributed by atoms with E-state index in [1.165, 1.54) is 0 Å². The van der Waals surface area contributed by atoms with Crippen molar-refractivity contribution in [2.45, 2.75) is 20.4 Å². The summed E-state index contributed by atoms with van der Waals surface area (Å²) in [5.41, 5.74) is 1.63. The van der Waals surface area contributed by atoms with Crippen molar-refractivity contribution in [1.82, 2.24) is 4.98 Å². The lowest BCUT2D eigenvalue weighted by atomic mass is 10.2. The van der Waals surface area contributed by atoms with Crippen molar-refractivity contribution in [3.8, 4) is 11.8 Å². The van der Waals surface area contributed by atoms with Crippen molar-refractivity contribution in [2.24, 2.45) is 5.92 Å². The summed E-state index contributed by atoms with van der Waals surface area (Å²) >= 11 is 0. The molecule has 0 aliphatic heterocycles. The summed E-state index contributed by atoms with van der Waals surface area (Å²) in [6.07, 6.45) is 1.67. The maximum Gasteiger partial charge on any atom is 0.144 e. The van der Waals surface area contributed by atoms with Crippen LogP contribution in [0.15, 0.2) is 42.6 Å². The van der Waals surface area contributed by atoms with Crippen molar-refractivity contribution in [3.63, 3.8) is 0 Å². The molecule has 0 unspecified atom stereocenters. The van der Waals surface area contributed by atoms with Gasteiger partial charge in [-0.05, 0) is 35.7 Å². The molecule has 2 rings (SSSR count). The van der Waals surface area contributed by atoms with E-state index in [1.54, 1.807) is 18.3 Å². The highest BCUT2D eigenvalue weighted by Gasteiger charge is 2.03. The second-order valence-electron chi connectivity index (χ2n) is 5.22. The van der Waals surface area contributed by atoms with E-state index in [2.05, 4.69) is 30.2 Å². The predicted octanol–water partition coefficient (Wildman–Crippen LogP) is 3.60. The van der Waals surface area contributed by atoms with Gasteiger partial charge in [0.25, 0.3) is 0 Å². The van der Waals surface area contributed by atoms with Crippen molar-refractivity contribution >= 4 is 5.82 Å². The molecule has 0 amide bonds.